The van der Waals surface area contributed by atoms with Gasteiger partial charge in [-0.3, -0.25) is 4.79 Å². The zero-order valence-electron chi connectivity index (χ0n) is 14.2. The fourth-order valence-corrected chi connectivity index (χ4v) is 6.25. The lowest BCUT2D eigenvalue weighted by Gasteiger charge is -2.33. The van der Waals surface area contributed by atoms with Gasteiger partial charge in [-0.25, -0.2) is 8.42 Å². The minimum atomic E-state index is -3.55. The number of nitrogens with zero attached hydrogens (tertiary/aromatic N) is 2. The van der Waals surface area contributed by atoms with Crippen LogP contribution in [0.25, 0.3) is 0 Å². The normalized spacial score (nSPS) is 18.1. The summed E-state index contributed by atoms with van der Waals surface area (Å²) in [6.45, 7) is 1.44. The zero-order valence-corrected chi connectivity index (χ0v) is 16.5. The summed E-state index contributed by atoms with van der Waals surface area (Å²) in [4.78, 5) is 16.8. The largest absolute Gasteiger partial charge is 0.335 e. The van der Waals surface area contributed by atoms with E-state index < -0.39 is 10.0 Å². The van der Waals surface area contributed by atoms with Crippen molar-refractivity contribution in [1.82, 2.24) is 9.21 Å². The van der Waals surface area contributed by atoms with Gasteiger partial charge in [-0.05, 0) is 55.2 Å². The summed E-state index contributed by atoms with van der Waals surface area (Å²) in [7, 11) is -3.55. The first kappa shape index (κ1) is 18.0. The van der Waals surface area contributed by atoms with E-state index in [4.69, 9.17) is 11.6 Å². The molecule has 0 atom stereocenters. The Hall–Kier alpha value is -1.41. The van der Waals surface area contributed by atoms with E-state index in [0.29, 0.717) is 31.2 Å². The maximum absolute atomic E-state index is 12.7. The van der Waals surface area contributed by atoms with Crippen molar-refractivity contribution in [2.45, 2.75) is 24.2 Å². The number of aryl methyl sites for hydroxylation is 2. The molecule has 8 heteroatoms. The third kappa shape index (κ3) is 3.29. The topological polar surface area (TPSA) is 57.7 Å². The van der Waals surface area contributed by atoms with Crippen molar-refractivity contribution in [3.05, 3.63) is 50.7 Å². The number of thiophene rings is 1. The Labute approximate surface area is 162 Å². The maximum Gasteiger partial charge on any atom is 0.264 e. The quantitative estimate of drug-likeness (QED) is 0.781. The summed E-state index contributed by atoms with van der Waals surface area (Å²) in [6.07, 6.45) is 3.31. The SMILES string of the molecule is O=C(c1cc2c(s1)CCC2)N1CCN(S(=O)(=O)c2ccc(Cl)cc2)CC1. The van der Waals surface area contributed by atoms with E-state index >= 15 is 0 Å². The van der Waals surface area contributed by atoms with Crippen LogP contribution in [-0.4, -0.2) is 49.7 Å². The molecular formula is C18H19ClN2O3S2. The predicted octanol–water partition coefficient (Wildman–Crippen LogP) is 3.04. The molecule has 138 valence electrons. The van der Waals surface area contributed by atoms with Crippen molar-refractivity contribution in [1.29, 1.82) is 0 Å². The highest BCUT2D eigenvalue weighted by Crippen LogP contribution is 2.31. The minimum absolute atomic E-state index is 0.0212. The molecule has 1 aromatic heterocycles. The van der Waals surface area contributed by atoms with E-state index in [2.05, 4.69) is 0 Å². The molecule has 1 amide bonds. The lowest BCUT2D eigenvalue weighted by molar-refractivity contribution is 0.0702. The molecule has 2 aromatic rings. The molecule has 5 nitrogen and oxygen atoms in total. The van der Waals surface area contributed by atoms with Gasteiger partial charge in [0.05, 0.1) is 9.77 Å². The molecule has 1 fully saturated rings. The molecule has 0 spiro atoms. The Bertz CT molecular complexity index is 908. The average Bonchev–Trinajstić information content (AvgIpc) is 3.23. The number of hydrogen-bond donors (Lipinski definition) is 0. The van der Waals surface area contributed by atoms with Crippen molar-refractivity contribution < 1.29 is 13.2 Å². The van der Waals surface area contributed by atoms with Crippen LogP contribution in [0.3, 0.4) is 0 Å². The number of amides is 1. The molecule has 0 unspecified atom stereocenters. The number of fused-ring (bicyclic) bond motifs is 1. The standard InChI is InChI=1S/C18H19ClN2O3S2/c19-14-4-6-15(7-5-14)26(23,24)21-10-8-20(9-11-21)18(22)17-12-13-2-1-3-16(13)25-17/h4-7,12H,1-3,8-11H2. The van der Waals surface area contributed by atoms with Crippen molar-refractivity contribution in [2.24, 2.45) is 0 Å². The Morgan fingerprint density at radius 3 is 2.38 bits per heavy atom. The van der Waals surface area contributed by atoms with Crippen LogP contribution in [0.15, 0.2) is 35.2 Å². The number of carbonyl (C=O) groups excluding carboxylic acids is 1. The van der Waals surface area contributed by atoms with Crippen molar-refractivity contribution in [3.8, 4) is 0 Å². The fraction of sp³-hybridized carbons (Fsp3) is 0.389. The second-order valence-electron chi connectivity index (χ2n) is 6.56. The van der Waals surface area contributed by atoms with Crippen LogP contribution in [-0.2, 0) is 22.9 Å². The lowest BCUT2D eigenvalue weighted by atomic mass is 10.2. The fourth-order valence-electron chi connectivity index (χ4n) is 3.48. The van der Waals surface area contributed by atoms with Gasteiger partial charge < -0.3 is 4.90 Å². The van der Waals surface area contributed by atoms with Gasteiger partial charge in [0.1, 0.15) is 0 Å². The van der Waals surface area contributed by atoms with E-state index in [9.17, 15) is 13.2 Å². The second kappa shape index (κ2) is 6.96. The maximum atomic E-state index is 12.7. The van der Waals surface area contributed by atoms with Crippen molar-refractivity contribution >= 4 is 38.9 Å². The zero-order chi connectivity index (χ0) is 18.3. The van der Waals surface area contributed by atoms with Gasteiger partial charge >= 0.3 is 0 Å². The van der Waals surface area contributed by atoms with Crippen LogP contribution < -0.4 is 0 Å². The van der Waals surface area contributed by atoms with Gasteiger partial charge in [-0.15, -0.1) is 11.3 Å². The summed E-state index contributed by atoms with van der Waals surface area (Å²) < 4.78 is 26.9. The predicted molar refractivity (Wildman–Crippen MR) is 102 cm³/mol. The molecule has 0 radical (unpaired) electrons. The molecule has 0 saturated carbocycles. The molecule has 2 aliphatic rings. The second-order valence-corrected chi connectivity index (χ2v) is 10.1. The van der Waals surface area contributed by atoms with Crippen LogP contribution in [0, 0.1) is 0 Å². The van der Waals surface area contributed by atoms with E-state index in [1.807, 2.05) is 6.07 Å². The number of halogens is 1. The first-order chi connectivity index (χ1) is 12.4. The summed E-state index contributed by atoms with van der Waals surface area (Å²) in [5, 5.41) is 0.502. The molecule has 0 N–H and O–H groups in total. The molecule has 4 rings (SSSR count). The van der Waals surface area contributed by atoms with E-state index in [-0.39, 0.29) is 10.8 Å². The Balaban J connectivity index is 1.43. The van der Waals surface area contributed by atoms with E-state index in [1.54, 1.807) is 28.4 Å². The van der Waals surface area contributed by atoms with Crippen LogP contribution in [0.5, 0.6) is 0 Å². The molecule has 0 bridgehead atoms. The smallest absolute Gasteiger partial charge is 0.264 e. The minimum Gasteiger partial charge on any atom is -0.335 e. The van der Waals surface area contributed by atoms with Crippen LogP contribution in [0.1, 0.15) is 26.5 Å². The summed E-state index contributed by atoms with van der Waals surface area (Å²) in [6, 6.07) is 8.20. The monoisotopic (exact) mass is 410 g/mol. The molecular weight excluding hydrogens is 392 g/mol. The first-order valence-electron chi connectivity index (χ1n) is 8.62. The number of carbonyl (C=O) groups is 1. The highest BCUT2D eigenvalue weighted by atomic mass is 35.5. The molecule has 1 aliphatic heterocycles. The van der Waals surface area contributed by atoms with Gasteiger partial charge in [-0.2, -0.15) is 4.31 Å². The van der Waals surface area contributed by atoms with Crippen molar-refractivity contribution in [2.75, 3.05) is 26.2 Å². The number of piperazine rings is 1. The van der Waals surface area contributed by atoms with Crippen LogP contribution >= 0.6 is 22.9 Å². The van der Waals surface area contributed by atoms with E-state index in [1.165, 1.54) is 33.3 Å². The molecule has 1 aliphatic carbocycles. The van der Waals surface area contributed by atoms with Crippen molar-refractivity contribution in [3.63, 3.8) is 0 Å². The summed E-state index contributed by atoms with van der Waals surface area (Å²) in [5.74, 6) is 0.0212. The lowest BCUT2D eigenvalue weighted by Crippen LogP contribution is -2.50. The van der Waals surface area contributed by atoms with Gasteiger partial charge in [-0.1, -0.05) is 11.6 Å². The summed E-state index contributed by atoms with van der Waals surface area (Å²) >= 11 is 7.43. The van der Waals surface area contributed by atoms with Crippen LogP contribution in [0.4, 0.5) is 0 Å². The van der Waals surface area contributed by atoms with E-state index in [0.717, 1.165) is 17.7 Å². The van der Waals surface area contributed by atoms with Gasteiger partial charge in [0.25, 0.3) is 5.91 Å². The number of hydrogen-bond acceptors (Lipinski definition) is 4. The number of benzene rings is 1. The first-order valence-corrected chi connectivity index (χ1v) is 11.3. The Morgan fingerprint density at radius 2 is 1.73 bits per heavy atom. The molecule has 1 aromatic carbocycles. The van der Waals surface area contributed by atoms with Gasteiger partial charge in [0.2, 0.25) is 10.0 Å². The molecule has 1 saturated heterocycles. The third-order valence-electron chi connectivity index (χ3n) is 4.93. The molecule has 2 heterocycles. The molecule has 26 heavy (non-hydrogen) atoms. The highest BCUT2D eigenvalue weighted by molar-refractivity contribution is 7.89. The highest BCUT2D eigenvalue weighted by Gasteiger charge is 2.31. The Morgan fingerprint density at radius 1 is 1.04 bits per heavy atom. The van der Waals surface area contributed by atoms with Gasteiger partial charge in [0, 0.05) is 36.1 Å². The average molecular weight is 411 g/mol. The third-order valence-corrected chi connectivity index (χ3v) is 8.32. The Kier molecular flexibility index (Phi) is 4.81. The van der Waals surface area contributed by atoms with Gasteiger partial charge in [0.15, 0.2) is 0 Å². The number of rotatable bonds is 3. The summed E-state index contributed by atoms with van der Waals surface area (Å²) in [5.41, 5.74) is 1.31. The number of sulfonamides is 1. The van der Waals surface area contributed by atoms with Crippen LogP contribution in [0.2, 0.25) is 5.02 Å².